The second-order valence-electron chi connectivity index (χ2n) is 5.64. The number of hydrazone groups is 1. The lowest BCUT2D eigenvalue weighted by Crippen LogP contribution is -2.38. The van der Waals surface area contributed by atoms with E-state index in [9.17, 15) is 9.59 Å². The minimum absolute atomic E-state index is 0.369. The maximum Gasteiger partial charge on any atom is 0.329 e. The van der Waals surface area contributed by atoms with Crippen molar-refractivity contribution >= 4 is 18.0 Å². The molecule has 2 amide bonds. The third kappa shape index (κ3) is 7.70. The van der Waals surface area contributed by atoms with Crippen molar-refractivity contribution in [2.45, 2.75) is 13.0 Å². The van der Waals surface area contributed by atoms with Crippen LogP contribution >= 0.6 is 0 Å². The number of ether oxygens (including phenoxy) is 2. The topological polar surface area (TPSA) is 89.0 Å². The van der Waals surface area contributed by atoms with Gasteiger partial charge in [-0.1, -0.05) is 30.3 Å². The van der Waals surface area contributed by atoms with E-state index < -0.39 is 11.8 Å². The number of carbonyl (C=O) groups excluding carboxylic acids is 2. The Bertz CT molecular complexity index is 746. The molecule has 2 rings (SSSR count). The van der Waals surface area contributed by atoms with Crippen LogP contribution in [0.1, 0.15) is 17.5 Å². The second-order valence-corrected chi connectivity index (χ2v) is 5.64. The van der Waals surface area contributed by atoms with E-state index in [4.69, 9.17) is 9.47 Å². The summed E-state index contributed by atoms with van der Waals surface area (Å²) in [6, 6.07) is 17.1. The van der Waals surface area contributed by atoms with Crippen molar-refractivity contribution in [3.8, 4) is 5.75 Å². The van der Waals surface area contributed by atoms with Gasteiger partial charge in [-0.2, -0.15) is 5.10 Å². The van der Waals surface area contributed by atoms with E-state index >= 15 is 0 Å². The Morgan fingerprint density at radius 2 is 1.78 bits per heavy atom. The molecular weight excluding hydrogens is 346 g/mol. The summed E-state index contributed by atoms with van der Waals surface area (Å²) in [6.07, 6.45) is 2.09. The highest BCUT2D eigenvalue weighted by molar-refractivity contribution is 6.35. The Hall–Kier alpha value is -3.19. The van der Waals surface area contributed by atoms with E-state index in [0.29, 0.717) is 26.2 Å². The van der Waals surface area contributed by atoms with Crippen molar-refractivity contribution in [3.05, 3.63) is 65.7 Å². The molecule has 0 aromatic heterocycles. The fourth-order valence-corrected chi connectivity index (χ4v) is 2.11. The standard InChI is InChI=1S/C20H23N3O4/c1-26-13-5-12-21-19(24)20(25)23-22-14-16-8-10-18(11-9-16)27-15-17-6-3-2-4-7-17/h2-4,6-11,14H,5,12-13,15H2,1H3,(H,21,24)(H,23,25)/b22-14-. The van der Waals surface area contributed by atoms with Crippen LogP contribution in [-0.2, 0) is 20.9 Å². The van der Waals surface area contributed by atoms with Crippen LogP contribution in [0, 0.1) is 0 Å². The van der Waals surface area contributed by atoms with Crippen LogP contribution in [0.3, 0.4) is 0 Å². The number of hydrogen-bond acceptors (Lipinski definition) is 5. The quantitative estimate of drug-likeness (QED) is 0.306. The molecule has 2 aromatic rings. The molecule has 0 saturated heterocycles. The SMILES string of the molecule is COCCCNC(=O)C(=O)N/N=C\c1ccc(OCc2ccccc2)cc1. The predicted molar refractivity (Wildman–Crippen MR) is 102 cm³/mol. The summed E-state index contributed by atoms with van der Waals surface area (Å²) in [6.45, 7) is 1.38. The van der Waals surface area contributed by atoms with Crippen LogP contribution in [0.4, 0.5) is 0 Å². The third-order valence-electron chi connectivity index (χ3n) is 3.53. The van der Waals surface area contributed by atoms with Gasteiger partial charge in [-0.05, 0) is 41.8 Å². The first-order valence-corrected chi connectivity index (χ1v) is 8.56. The molecule has 0 heterocycles. The molecule has 0 aliphatic carbocycles. The minimum Gasteiger partial charge on any atom is -0.489 e. The van der Waals surface area contributed by atoms with Crippen molar-refractivity contribution < 1.29 is 19.1 Å². The van der Waals surface area contributed by atoms with Gasteiger partial charge in [-0.3, -0.25) is 9.59 Å². The molecule has 142 valence electrons. The highest BCUT2D eigenvalue weighted by Gasteiger charge is 2.11. The van der Waals surface area contributed by atoms with E-state index in [-0.39, 0.29) is 0 Å². The number of hydrogen-bond donors (Lipinski definition) is 2. The first-order valence-electron chi connectivity index (χ1n) is 8.56. The Kier molecular flexibility index (Phi) is 8.52. The van der Waals surface area contributed by atoms with Crippen molar-refractivity contribution in [1.82, 2.24) is 10.7 Å². The van der Waals surface area contributed by atoms with Crippen LogP contribution in [0.25, 0.3) is 0 Å². The van der Waals surface area contributed by atoms with E-state index in [1.165, 1.54) is 6.21 Å². The zero-order chi connectivity index (χ0) is 19.3. The van der Waals surface area contributed by atoms with Crippen molar-refractivity contribution in [2.75, 3.05) is 20.3 Å². The number of rotatable bonds is 9. The lowest BCUT2D eigenvalue weighted by Gasteiger charge is -2.06. The molecule has 27 heavy (non-hydrogen) atoms. The lowest BCUT2D eigenvalue weighted by molar-refractivity contribution is -0.139. The fraction of sp³-hybridized carbons (Fsp3) is 0.250. The average molecular weight is 369 g/mol. The normalized spacial score (nSPS) is 10.6. The van der Waals surface area contributed by atoms with Crippen LogP contribution in [0.15, 0.2) is 59.7 Å². The zero-order valence-electron chi connectivity index (χ0n) is 15.2. The first-order chi connectivity index (χ1) is 13.2. The van der Waals surface area contributed by atoms with Gasteiger partial charge >= 0.3 is 11.8 Å². The number of benzene rings is 2. The third-order valence-corrected chi connectivity index (χ3v) is 3.53. The van der Waals surface area contributed by atoms with Crippen molar-refractivity contribution in [3.63, 3.8) is 0 Å². The second kappa shape index (κ2) is 11.4. The molecule has 7 heteroatoms. The van der Waals surface area contributed by atoms with E-state index in [1.54, 1.807) is 19.2 Å². The molecule has 0 bridgehead atoms. The van der Waals surface area contributed by atoms with Gasteiger partial charge in [0.25, 0.3) is 0 Å². The number of nitrogens with one attached hydrogen (secondary N) is 2. The van der Waals surface area contributed by atoms with Gasteiger partial charge in [-0.15, -0.1) is 0 Å². The molecule has 0 spiro atoms. The van der Waals surface area contributed by atoms with Gasteiger partial charge in [0.2, 0.25) is 0 Å². The largest absolute Gasteiger partial charge is 0.489 e. The summed E-state index contributed by atoms with van der Waals surface area (Å²) < 4.78 is 10.6. The molecular formula is C20H23N3O4. The van der Waals surface area contributed by atoms with Crippen LogP contribution in [0.2, 0.25) is 0 Å². The molecule has 2 aromatic carbocycles. The van der Waals surface area contributed by atoms with Gasteiger partial charge in [0.1, 0.15) is 12.4 Å². The summed E-state index contributed by atoms with van der Waals surface area (Å²) in [5.74, 6) is -0.810. The van der Waals surface area contributed by atoms with Gasteiger partial charge in [-0.25, -0.2) is 5.43 Å². The van der Waals surface area contributed by atoms with Crippen LogP contribution < -0.4 is 15.5 Å². The maximum atomic E-state index is 11.6. The van der Waals surface area contributed by atoms with Gasteiger partial charge in [0, 0.05) is 20.3 Å². The molecule has 2 N–H and O–H groups in total. The smallest absolute Gasteiger partial charge is 0.329 e. The Labute approximate surface area is 158 Å². The summed E-state index contributed by atoms with van der Waals surface area (Å²) >= 11 is 0. The highest BCUT2D eigenvalue weighted by atomic mass is 16.5. The number of amides is 2. The van der Waals surface area contributed by atoms with Gasteiger partial charge in [0.05, 0.1) is 6.21 Å². The number of methoxy groups -OCH3 is 1. The lowest BCUT2D eigenvalue weighted by atomic mass is 10.2. The summed E-state index contributed by atoms with van der Waals surface area (Å²) in [5, 5.41) is 6.26. The number of nitrogens with zero attached hydrogens (tertiary/aromatic N) is 1. The monoisotopic (exact) mass is 369 g/mol. The highest BCUT2D eigenvalue weighted by Crippen LogP contribution is 2.13. The van der Waals surface area contributed by atoms with Gasteiger partial charge < -0.3 is 14.8 Å². The average Bonchev–Trinajstić information content (AvgIpc) is 2.71. The van der Waals surface area contributed by atoms with Crippen LogP contribution in [-0.4, -0.2) is 38.3 Å². The minimum atomic E-state index is -0.813. The predicted octanol–water partition coefficient (Wildman–Crippen LogP) is 1.87. The van der Waals surface area contributed by atoms with E-state index in [0.717, 1.165) is 16.9 Å². The zero-order valence-corrected chi connectivity index (χ0v) is 15.2. The molecule has 7 nitrogen and oxygen atoms in total. The van der Waals surface area contributed by atoms with Crippen molar-refractivity contribution in [1.29, 1.82) is 0 Å². The summed E-state index contributed by atoms with van der Waals surface area (Å²) in [4.78, 5) is 23.1. The Balaban J connectivity index is 1.73. The summed E-state index contributed by atoms with van der Waals surface area (Å²) in [5.41, 5.74) is 4.04. The fourth-order valence-electron chi connectivity index (χ4n) is 2.11. The van der Waals surface area contributed by atoms with E-state index in [1.807, 2.05) is 42.5 Å². The maximum absolute atomic E-state index is 11.6. The van der Waals surface area contributed by atoms with Gasteiger partial charge in [0.15, 0.2) is 0 Å². The number of carbonyl (C=O) groups is 2. The first kappa shape index (κ1) is 20.1. The molecule has 0 atom stereocenters. The van der Waals surface area contributed by atoms with Crippen molar-refractivity contribution in [2.24, 2.45) is 5.10 Å². The van der Waals surface area contributed by atoms with Crippen LogP contribution in [0.5, 0.6) is 5.75 Å². The molecule has 0 radical (unpaired) electrons. The molecule has 0 aliphatic rings. The summed E-state index contributed by atoms with van der Waals surface area (Å²) in [7, 11) is 1.57. The molecule has 0 fully saturated rings. The molecule has 0 unspecified atom stereocenters. The molecule has 0 aliphatic heterocycles. The van der Waals surface area contributed by atoms with E-state index in [2.05, 4.69) is 15.8 Å². The Morgan fingerprint density at radius 1 is 1.04 bits per heavy atom. The molecule has 0 saturated carbocycles. The Morgan fingerprint density at radius 3 is 2.48 bits per heavy atom.